The van der Waals surface area contributed by atoms with Crippen LogP contribution in [0.1, 0.15) is 12.8 Å². The van der Waals surface area contributed by atoms with Crippen molar-refractivity contribution in [2.45, 2.75) is 18.3 Å². The standard InChI is InChI=1S/C45H34BN6.C4H8O.3C3H7NO.CHF3O3S.Mn/c1-7-19-34(20-8-1)40-31-43(37-25-13-4-14-26-37)50(47-40)46(51-44(38-27-15-5-16-28-38)32-41(48-51)35-21-9-2-10-22-35)52-45(39-29-17-6-18-30-39)33-42(49-52)36-23-11-3-12-24-36;1-2-4-5-3-1;3*1-4(2)3-5;2-1(3,4)8(5,6)7;/h1-33,46H;1-4H2;3*3H,1-2H3;(H,5,6,7);/q-1;;;;;;+2/p-1. The van der Waals surface area contributed by atoms with Crippen molar-refractivity contribution >= 4 is 36.5 Å². The van der Waals surface area contributed by atoms with E-state index in [1.54, 1.807) is 42.3 Å². The average molecular weight is 1170 g/mol. The monoisotopic (exact) mass is 1160 g/mol. The van der Waals surface area contributed by atoms with Gasteiger partial charge in [-0.05, 0) is 47.7 Å². The van der Waals surface area contributed by atoms with Crippen LogP contribution in [0.25, 0.3) is 67.5 Å². The van der Waals surface area contributed by atoms with Gasteiger partial charge in [0, 0.05) is 89.3 Å². The molecule has 1 saturated heterocycles. The maximum atomic E-state index is 10.7. The van der Waals surface area contributed by atoms with Gasteiger partial charge in [-0.25, -0.2) is 23.7 Å². The Morgan fingerprint density at radius 1 is 0.457 bits per heavy atom. The molecule has 3 amide bonds. The molecule has 16 nitrogen and oxygen atoms in total. The minimum absolute atomic E-state index is 0. The third kappa shape index (κ3) is 20.0. The van der Waals surface area contributed by atoms with Gasteiger partial charge in [-0.3, -0.25) is 14.4 Å². The second kappa shape index (κ2) is 32.6. The number of benzene rings is 6. The Morgan fingerprint density at radius 2 is 0.654 bits per heavy atom. The molecule has 0 saturated carbocycles. The van der Waals surface area contributed by atoms with Crippen molar-refractivity contribution in [3.63, 3.8) is 0 Å². The summed E-state index contributed by atoms with van der Waals surface area (Å²) in [5, 5.41) is 16.4. The Balaban J connectivity index is 0.000000401. The second-order valence-corrected chi connectivity index (χ2v) is 19.7. The SMILES string of the molecule is C1CCOC1.CN(C)C=O.CN(C)C=O.CN(C)C=O.O=S(=O)([O-])C(F)(F)F.[Mn+2].c1ccc(-c2cc(-c3ccccc3)n([BH-](n3nc(-c4ccccc4)cc3-c3ccccc3)n3nc(-c4ccccc4)cc3-c3ccccc3)n2)cc1. The van der Waals surface area contributed by atoms with Crippen LogP contribution in [0.3, 0.4) is 0 Å². The molecule has 0 spiro atoms. The third-order valence-corrected chi connectivity index (χ3v) is 11.9. The number of aromatic nitrogens is 6. The van der Waals surface area contributed by atoms with Crippen molar-refractivity contribution in [2.75, 3.05) is 55.5 Å². The average Bonchev–Trinajstić information content (AvgIpc) is 4.05. The van der Waals surface area contributed by atoms with Gasteiger partial charge in [-0.1, -0.05) is 182 Å². The number of carbonyl (C=O) groups is 3. The van der Waals surface area contributed by atoms with Crippen LogP contribution in [-0.4, -0.2) is 144 Å². The summed E-state index contributed by atoms with van der Waals surface area (Å²) in [4.78, 5) is 32.6. The zero-order chi connectivity index (χ0) is 58.1. The Kier molecular flexibility index (Phi) is 26.2. The summed E-state index contributed by atoms with van der Waals surface area (Å²) in [5.74, 6) is 0. The quantitative estimate of drug-likeness (QED) is 0.0494. The first-order valence-corrected chi connectivity index (χ1v) is 26.5. The van der Waals surface area contributed by atoms with E-state index in [-0.39, 0.29) is 17.1 Å². The van der Waals surface area contributed by atoms with Crippen LogP contribution in [-0.2, 0) is 46.3 Å². The van der Waals surface area contributed by atoms with E-state index in [4.69, 9.17) is 33.0 Å². The number of rotatable bonds is 12. The number of halogens is 3. The molecule has 1 aliphatic rings. The molecule has 9 aromatic rings. The van der Waals surface area contributed by atoms with Crippen LogP contribution in [0.5, 0.6) is 0 Å². The minimum atomic E-state index is -6.09. The van der Waals surface area contributed by atoms with Gasteiger partial charge in [0.05, 0.1) is 17.1 Å². The number of amides is 3. The van der Waals surface area contributed by atoms with Crippen LogP contribution in [0, 0.1) is 0 Å². The molecule has 3 aromatic heterocycles. The number of hydrogen-bond donors (Lipinski definition) is 0. The van der Waals surface area contributed by atoms with Crippen molar-refractivity contribution in [3.8, 4) is 67.5 Å². The predicted molar refractivity (Wildman–Crippen MR) is 308 cm³/mol. The van der Waals surface area contributed by atoms with E-state index < -0.39 is 22.7 Å². The molecule has 0 bridgehead atoms. The normalized spacial score (nSPS) is 11.3. The molecule has 0 aliphatic carbocycles. The second-order valence-electron chi connectivity index (χ2n) is 18.3. The molecule has 1 aliphatic heterocycles. The van der Waals surface area contributed by atoms with E-state index in [0.29, 0.717) is 0 Å². The molecule has 1 radical (unpaired) electrons. The molecular formula is C59H63BF3MnN9O7S. The summed E-state index contributed by atoms with van der Waals surface area (Å²) in [6.07, 6.45) is 4.81. The van der Waals surface area contributed by atoms with Crippen molar-refractivity contribution in [3.05, 3.63) is 200 Å². The van der Waals surface area contributed by atoms with Gasteiger partial charge in [-0.15, -0.1) is 0 Å². The topological polar surface area (TPSA) is 181 Å². The van der Waals surface area contributed by atoms with Crippen molar-refractivity contribution < 1.29 is 62.3 Å². The van der Waals surface area contributed by atoms with E-state index in [1.807, 2.05) is 36.4 Å². The third-order valence-electron chi connectivity index (χ3n) is 11.3. The fourth-order valence-electron chi connectivity index (χ4n) is 7.56. The molecular weight excluding hydrogens is 1100 g/mol. The summed E-state index contributed by atoms with van der Waals surface area (Å²) in [6.45, 7) is 2.00. The molecule has 22 heteroatoms. The predicted octanol–water partition coefficient (Wildman–Crippen LogP) is 9.90. The molecule has 4 heterocycles. The number of carbonyl (C=O) groups excluding carboxylic acids is 3. The van der Waals surface area contributed by atoms with Gasteiger partial charge in [0.2, 0.25) is 19.2 Å². The number of hydrogen-bond acceptors (Lipinski definition) is 10. The summed E-state index contributed by atoms with van der Waals surface area (Å²) in [5.41, 5.74) is 6.22. The van der Waals surface area contributed by atoms with Crippen molar-refractivity contribution in [1.29, 1.82) is 0 Å². The molecule has 0 N–H and O–H groups in total. The zero-order valence-electron chi connectivity index (χ0n) is 45.6. The number of alkyl halides is 3. The smallest absolute Gasteiger partial charge is 0.741 e. The first-order chi connectivity index (χ1) is 38.4. The van der Waals surface area contributed by atoms with Gasteiger partial charge in [0.25, 0.3) is 0 Å². The van der Waals surface area contributed by atoms with E-state index in [1.165, 1.54) is 27.5 Å². The van der Waals surface area contributed by atoms with Gasteiger partial charge in [0.1, 0.15) is 0 Å². The van der Waals surface area contributed by atoms with E-state index in [0.717, 1.165) is 100.0 Å². The fraction of sp³-hybridized carbons (Fsp3) is 0.186. The summed E-state index contributed by atoms with van der Waals surface area (Å²) in [6, 6.07) is 69.2. The minimum Gasteiger partial charge on any atom is -0.741 e. The molecule has 81 heavy (non-hydrogen) atoms. The first kappa shape index (κ1) is 65.1. The molecule has 6 aromatic carbocycles. The molecule has 0 unspecified atom stereocenters. The molecule has 0 atom stereocenters. The van der Waals surface area contributed by atoms with Crippen molar-refractivity contribution in [2.24, 2.45) is 0 Å². The van der Waals surface area contributed by atoms with Gasteiger partial charge in [0.15, 0.2) is 10.1 Å². The van der Waals surface area contributed by atoms with E-state index in [9.17, 15) is 27.6 Å². The van der Waals surface area contributed by atoms with Gasteiger partial charge in [-0.2, -0.15) is 13.2 Å². The largest absolute Gasteiger partial charge is 2.00 e. The summed E-state index contributed by atoms with van der Waals surface area (Å²) >= 11 is 0. The van der Waals surface area contributed by atoms with Crippen LogP contribution in [0.15, 0.2) is 200 Å². The molecule has 1 fully saturated rings. The fourth-order valence-corrected chi connectivity index (χ4v) is 7.56. The Labute approximate surface area is 481 Å². The maximum absolute atomic E-state index is 10.7. The number of ether oxygens (including phenoxy) is 1. The van der Waals surface area contributed by atoms with E-state index >= 15 is 0 Å². The Hall–Kier alpha value is -8.40. The molecule has 423 valence electrons. The molecule has 10 rings (SSSR count). The van der Waals surface area contributed by atoms with Crippen LogP contribution in [0.4, 0.5) is 13.2 Å². The summed E-state index contributed by atoms with van der Waals surface area (Å²) < 4.78 is 70.3. The number of nitrogens with zero attached hydrogens (tertiary/aromatic N) is 9. The Bertz CT molecular complexity index is 3050. The van der Waals surface area contributed by atoms with Crippen LogP contribution in [0.2, 0.25) is 0 Å². The van der Waals surface area contributed by atoms with Crippen LogP contribution >= 0.6 is 0 Å². The van der Waals surface area contributed by atoms with Gasteiger partial charge < -0.3 is 37.8 Å². The Morgan fingerprint density at radius 3 is 0.815 bits per heavy atom. The zero-order valence-corrected chi connectivity index (χ0v) is 47.6. The summed E-state index contributed by atoms with van der Waals surface area (Å²) in [7, 11) is 2.07. The van der Waals surface area contributed by atoms with E-state index in [2.05, 4.69) is 178 Å². The first-order valence-electron chi connectivity index (χ1n) is 25.1. The van der Waals surface area contributed by atoms with Crippen molar-refractivity contribution in [1.82, 2.24) is 43.8 Å². The maximum Gasteiger partial charge on any atom is 2.00 e. The van der Waals surface area contributed by atoms with Gasteiger partial charge >= 0.3 is 29.7 Å². The van der Waals surface area contributed by atoms with Crippen LogP contribution < -0.4 is 0 Å².